The highest BCUT2D eigenvalue weighted by atomic mass is 16.5. The summed E-state index contributed by atoms with van der Waals surface area (Å²) in [5, 5.41) is 8.26. The van der Waals surface area contributed by atoms with Crippen LogP contribution in [-0.2, 0) is 11.8 Å². The van der Waals surface area contributed by atoms with Crippen molar-refractivity contribution in [2.75, 3.05) is 12.4 Å². The zero-order chi connectivity index (χ0) is 19.3. The first-order chi connectivity index (χ1) is 12.9. The second-order valence-corrected chi connectivity index (χ2v) is 7.18. The summed E-state index contributed by atoms with van der Waals surface area (Å²) in [4.78, 5) is 25.5. The quantitative estimate of drug-likeness (QED) is 0.773. The Kier molecular flexibility index (Phi) is 4.02. The van der Waals surface area contributed by atoms with Crippen LogP contribution in [0.2, 0.25) is 0 Å². The molecule has 1 aromatic carbocycles. The van der Waals surface area contributed by atoms with E-state index >= 15 is 0 Å². The van der Waals surface area contributed by atoms with Gasteiger partial charge in [-0.3, -0.25) is 9.59 Å². The van der Waals surface area contributed by atoms with E-state index in [0.717, 1.165) is 16.5 Å². The van der Waals surface area contributed by atoms with Crippen molar-refractivity contribution < 1.29 is 9.53 Å². The van der Waals surface area contributed by atoms with Crippen LogP contribution < -0.4 is 15.6 Å². The van der Waals surface area contributed by atoms with Crippen LogP contribution in [-0.4, -0.2) is 27.4 Å². The predicted octanol–water partition coefficient (Wildman–Crippen LogP) is 2.80. The first-order valence-corrected chi connectivity index (χ1v) is 8.95. The fraction of sp³-hybridized carbons (Fsp3) is 0.350. The van der Waals surface area contributed by atoms with E-state index in [2.05, 4.69) is 10.4 Å². The largest absolute Gasteiger partial charge is 0.497 e. The highest BCUT2D eigenvalue weighted by molar-refractivity contribution is 5.94. The Morgan fingerprint density at radius 2 is 2.00 bits per heavy atom. The Balaban J connectivity index is 1.92. The molecule has 1 aliphatic rings. The lowest BCUT2D eigenvalue weighted by molar-refractivity contribution is -0.116. The van der Waals surface area contributed by atoms with Crippen LogP contribution >= 0.6 is 0 Å². The maximum absolute atomic E-state index is 13.1. The average Bonchev–Trinajstić information content (AvgIpc) is 3.07. The maximum Gasteiger partial charge on any atom is 0.254 e. The Bertz CT molecular complexity index is 1110. The van der Waals surface area contributed by atoms with Crippen molar-refractivity contribution in [3.63, 3.8) is 0 Å². The number of aryl methyl sites for hydroxylation is 1. The summed E-state index contributed by atoms with van der Waals surface area (Å²) in [6.45, 7) is 4.01. The molecule has 1 N–H and O–H groups in total. The molecule has 0 saturated carbocycles. The lowest BCUT2D eigenvalue weighted by Crippen LogP contribution is -2.30. The SMILES string of the molecule is COc1ccc2cc(C3CC(=O)Nc4c3cnn4C(C)C)c(=O)n(C)c2c1. The van der Waals surface area contributed by atoms with Crippen LogP contribution in [0.4, 0.5) is 5.82 Å². The summed E-state index contributed by atoms with van der Waals surface area (Å²) in [5.41, 5.74) is 2.17. The van der Waals surface area contributed by atoms with Crippen LogP contribution in [0.25, 0.3) is 10.9 Å². The van der Waals surface area contributed by atoms with E-state index < -0.39 is 0 Å². The van der Waals surface area contributed by atoms with Crippen LogP contribution in [0.5, 0.6) is 5.75 Å². The Hall–Kier alpha value is -3.09. The number of nitrogens with one attached hydrogen (secondary N) is 1. The molecule has 0 fully saturated rings. The van der Waals surface area contributed by atoms with Crippen molar-refractivity contribution in [2.45, 2.75) is 32.2 Å². The number of methoxy groups -OCH3 is 1. The maximum atomic E-state index is 13.1. The molecule has 0 spiro atoms. The van der Waals surface area contributed by atoms with Crippen molar-refractivity contribution in [2.24, 2.45) is 7.05 Å². The molecule has 4 rings (SSSR count). The van der Waals surface area contributed by atoms with Gasteiger partial charge < -0.3 is 14.6 Å². The summed E-state index contributed by atoms with van der Waals surface area (Å²) in [5.74, 6) is 0.962. The number of fused-ring (bicyclic) bond motifs is 2. The fourth-order valence-corrected chi connectivity index (χ4v) is 3.75. The Labute approximate surface area is 156 Å². The standard InChI is InChI=1S/C20H22N4O3/c1-11(2)24-19-16(10-21-24)14(9-18(25)22-19)15-7-12-5-6-13(27-4)8-17(12)23(3)20(15)26/h5-8,10-11,14H,9H2,1-4H3,(H,22,25). The Morgan fingerprint density at radius 3 is 2.70 bits per heavy atom. The molecule has 1 atom stereocenters. The monoisotopic (exact) mass is 366 g/mol. The summed E-state index contributed by atoms with van der Waals surface area (Å²) in [6, 6.07) is 7.64. The molecule has 0 aliphatic carbocycles. The number of benzene rings is 1. The molecule has 7 heteroatoms. The molecule has 0 bridgehead atoms. The third-order valence-electron chi connectivity index (χ3n) is 5.17. The van der Waals surface area contributed by atoms with Crippen LogP contribution in [0, 0.1) is 0 Å². The summed E-state index contributed by atoms with van der Waals surface area (Å²) < 4.78 is 8.67. The molecule has 27 heavy (non-hydrogen) atoms. The molecule has 3 heterocycles. The van der Waals surface area contributed by atoms with Crippen LogP contribution in [0.1, 0.15) is 43.4 Å². The minimum Gasteiger partial charge on any atom is -0.497 e. The van der Waals surface area contributed by atoms with Gasteiger partial charge in [-0.05, 0) is 37.4 Å². The molecule has 0 radical (unpaired) electrons. The minimum absolute atomic E-state index is 0.105. The number of amides is 1. The summed E-state index contributed by atoms with van der Waals surface area (Å²) in [6.07, 6.45) is 1.99. The number of pyridine rings is 1. The molecule has 7 nitrogen and oxygen atoms in total. The van der Waals surface area contributed by atoms with Crippen LogP contribution in [0.3, 0.4) is 0 Å². The van der Waals surface area contributed by atoms with E-state index in [9.17, 15) is 9.59 Å². The molecule has 1 amide bonds. The highest BCUT2D eigenvalue weighted by Crippen LogP contribution is 2.37. The number of rotatable bonds is 3. The fourth-order valence-electron chi connectivity index (χ4n) is 3.75. The van der Waals surface area contributed by atoms with E-state index in [1.165, 1.54) is 0 Å². The number of carbonyl (C=O) groups excluding carboxylic acids is 1. The van der Waals surface area contributed by atoms with Gasteiger partial charge in [-0.2, -0.15) is 5.10 Å². The summed E-state index contributed by atoms with van der Waals surface area (Å²) in [7, 11) is 3.34. The first-order valence-electron chi connectivity index (χ1n) is 8.95. The first kappa shape index (κ1) is 17.3. The van der Waals surface area contributed by atoms with E-state index in [0.29, 0.717) is 17.1 Å². The topological polar surface area (TPSA) is 78.2 Å². The van der Waals surface area contributed by atoms with Gasteiger partial charge in [-0.1, -0.05) is 0 Å². The van der Waals surface area contributed by atoms with E-state index in [1.54, 1.807) is 29.6 Å². The average molecular weight is 366 g/mol. The van der Waals surface area contributed by atoms with E-state index in [4.69, 9.17) is 4.74 Å². The van der Waals surface area contributed by atoms with E-state index in [-0.39, 0.29) is 29.8 Å². The lowest BCUT2D eigenvalue weighted by atomic mass is 9.87. The number of aromatic nitrogens is 3. The molecule has 2 aromatic heterocycles. The van der Waals surface area contributed by atoms with E-state index in [1.807, 2.05) is 38.1 Å². The van der Waals surface area contributed by atoms with Crippen molar-refractivity contribution >= 4 is 22.6 Å². The third-order valence-corrected chi connectivity index (χ3v) is 5.17. The van der Waals surface area contributed by atoms with Gasteiger partial charge in [-0.15, -0.1) is 0 Å². The third kappa shape index (κ3) is 2.70. The van der Waals surface area contributed by atoms with Gasteiger partial charge in [0.15, 0.2) is 0 Å². The van der Waals surface area contributed by atoms with Crippen molar-refractivity contribution in [1.82, 2.24) is 14.3 Å². The number of anilines is 1. The highest BCUT2D eigenvalue weighted by Gasteiger charge is 2.32. The number of nitrogens with zero attached hydrogens (tertiary/aromatic N) is 3. The lowest BCUT2D eigenvalue weighted by Gasteiger charge is -2.25. The van der Waals surface area contributed by atoms with Crippen molar-refractivity contribution in [3.05, 3.63) is 51.9 Å². The summed E-state index contributed by atoms with van der Waals surface area (Å²) >= 11 is 0. The van der Waals surface area contributed by atoms with Gasteiger partial charge in [0.25, 0.3) is 5.56 Å². The second kappa shape index (κ2) is 6.26. The van der Waals surface area contributed by atoms with Gasteiger partial charge in [0.1, 0.15) is 11.6 Å². The minimum atomic E-state index is -0.313. The molecular formula is C20H22N4O3. The number of hydrogen-bond donors (Lipinski definition) is 1. The van der Waals surface area contributed by atoms with Crippen molar-refractivity contribution in [3.8, 4) is 5.75 Å². The predicted molar refractivity (Wildman–Crippen MR) is 103 cm³/mol. The smallest absolute Gasteiger partial charge is 0.254 e. The number of hydrogen-bond acceptors (Lipinski definition) is 4. The van der Waals surface area contributed by atoms with Crippen LogP contribution in [0.15, 0.2) is 35.3 Å². The van der Waals surface area contributed by atoms with Gasteiger partial charge in [0, 0.05) is 42.6 Å². The van der Waals surface area contributed by atoms with Gasteiger partial charge >= 0.3 is 0 Å². The molecule has 3 aromatic rings. The molecule has 0 saturated heterocycles. The van der Waals surface area contributed by atoms with Gasteiger partial charge in [-0.25, -0.2) is 4.68 Å². The molecule has 1 unspecified atom stereocenters. The Morgan fingerprint density at radius 1 is 1.22 bits per heavy atom. The number of ether oxygens (including phenoxy) is 1. The zero-order valence-electron chi connectivity index (χ0n) is 15.8. The molecular weight excluding hydrogens is 344 g/mol. The molecule has 140 valence electrons. The van der Waals surface area contributed by atoms with Crippen molar-refractivity contribution in [1.29, 1.82) is 0 Å². The number of carbonyl (C=O) groups is 1. The van der Waals surface area contributed by atoms with Gasteiger partial charge in [0.05, 0.1) is 18.8 Å². The molecule has 1 aliphatic heterocycles. The van der Waals surface area contributed by atoms with Gasteiger partial charge in [0.2, 0.25) is 5.91 Å². The second-order valence-electron chi connectivity index (χ2n) is 7.18. The normalized spacial score (nSPS) is 16.5. The zero-order valence-corrected chi connectivity index (χ0v) is 15.8.